The average Bonchev–Trinajstić information content (AvgIpc) is 2.15. The minimum atomic E-state index is -1.49. The van der Waals surface area contributed by atoms with Crippen LogP contribution in [0.25, 0.3) is 0 Å². The lowest BCUT2D eigenvalue weighted by Crippen LogP contribution is -2.07. The molecular formula is C7H5N3O6. The zero-order valence-electron chi connectivity index (χ0n) is 7.61. The lowest BCUT2D eigenvalue weighted by molar-refractivity contribution is -0.421. The van der Waals surface area contributed by atoms with Gasteiger partial charge in [0.05, 0.1) is 15.4 Å². The molecule has 9 heteroatoms. The number of rotatable bonds is 3. The van der Waals surface area contributed by atoms with E-state index in [-0.39, 0.29) is 0 Å². The maximum Gasteiger partial charge on any atom is 0.369 e. The monoisotopic (exact) mass is 227 g/mol. The van der Waals surface area contributed by atoms with E-state index in [2.05, 4.69) is 0 Å². The second-order valence-corrected chi connectivity index (χ2v) is 2.71. The molecule has 0 heterocycles. The molecular weight excluding hydrogens is 222 g/mol. The summed E-state index contributed by atoms with van der Waals surface area (Å²) in [6, 6.07) is 1.58. The first-order valence-electron chi connectivity index (χ1n) is 3.80. The van der Waals surface area contributed by atoms with Crippen LogP contribution in [0.1, 0.15) is 10.4 Å². The van der Waals surface area contributed by atoms with Crippen molar-refractivity contribution in [2.75, 3.05) is 5.73 Å². The molecule has 0 aliphatic carbocycles. The molecule has 9 nitrogen and oxygen atoms in total. The maximum absolute atomic E-state index is 10.6. The van der Waals surface area contributed by atoms with Crippen molar-refractivity contribution in [2.45, 2.75) is 0 Å². The van der Waals surface area contributed by atoms with Gasteiger partial charge in [0.15, 0.2) is 0 Å². The summed E-state index contributed by atoms with van der Waals surface area (Å²) in [6.07, 6.45) is 0. The predicted octanol–water partition coefficient (Wildman–Crippen LogP) is 0.783. The summed E-state index contributed by atoms with van der Waals surface area (Å²) in [5, 5.41) is 29.6. The highest BCUT2D eigenvalue weighted by atomic mass is 16.6. The van der Waals surface area contributed by atoms with Crippen LogP contribution in [0.15, 0.2) is 12.1 Å². The highest BCUT2D eigenvalue weighted by Crippen LogP contribution is 2.34. The quantitative estimate of drug-likeness (QED) is 0.439. The smallest absolute Gasteiger partial charge is 0.369 e. The van der Waals surface area contributed by atoms with Crippen LogP contribution in [0.3, 0.4) is 0 Å². The van der Waals surface area contributed by atoms with Gasteiger partial charge in [-0.3, -0.25) is 20.2 Å². The number of nitrogen functional groups attached to an aromatic ring is 1. The van der Waals surface area contributed by atoms with Crippen molar-refractivity contribution in [3.05, 3.63) is 37.9 Å². The molecule has 0 aliphatic heterocycles. The number of nitro benzene ring substituents is 2. The summed E-state index contributed by atoms with van der Waals surface area (Å²) >= 11 is 0. The van der Waals surface area contributed by atoms with Gasteiger partial charge in [-0.1, -0.05) is 0 Å². The molecule has 0 radical (unpaired) electrons. The van der Waals surface area contributed by atoms with E-state index < -0.39 is 38.4 Å². The predicted molar refractivity (Wildman–Crippen MR) is 51.1 cm³/mol. The van der Waals surface area contributed by atoms with Crippen molar-refractivity contribution in [1.29, 1.82) is 0 Å². The number of nitrogens with zero attached hydrogens (tertiary/aromatic N) is 2. The molecule has 0 spiro atoms. The summed E-state index contributed by atoms with van der Waals surface area (Å²) in [5.41, 5.74) is 2.07. The standard InChI is InChI=1S/C7H5N3O6/c8-5-3(7(11)12)1-2-4(9(13)14)6(5)10(15)16/h1-2H,8H2,(H,11,12). The molecule has 1 aromatic carbocycles. The molecule has 0 unspecified atom stereocenters. The second-order valence-electron chi connectivity index (χ2n) is 2.71. The number of anilines is 1. The van der Waals surface area contributed by atoms with Gasteiger partial charge >= 0.3 is 17.3 Å². The highest BCUT2D eigenvalue weighted by molar-refractivity contribution is 5.97. The van der Waals surface area contributed by atoms with Crippen LogP contribution in [-0.2, 0) is 0 Å². The Bertz CT molecular complexity index is 497. The minimum Gasteiger partial charge on any atom is -0.478 e. The number of carbonyl (C=O) groups is 1. The van der Waals surface area contributed by atoms with Crippen LogP contribution < -0.4 is 5.73 Å². The van der Waals surface area contributed by atoms with Gasteiger partial charge in [0, 0.05) is 6.07 Å². The van der Waals surface area contributed by atoms with E-state index in [4.69, 9.17) is 10.8 Å². The van der Waals surface area contributed by atoms with Gasteiger partial charge in [-0.2, -0.15) is 0 Å². The molecule has 1 rings (SSSR count). The zero-order valence-corrected chi connectivity index (χ0v) is 7.61. The van der Waals surface area contributed by atoms with Gasteiger partial charge in [0.2, 0.25) is 0 Å². The van der Waals surface area contributed by atoms with Gasteiger partial charge < -0.3 is 10.8 Å². The van der Waals surface area contributed by atoms with E-state index >= 15 is 0 Å². The van der Waals surface area contributed by atoms with Gasteiger partial charge in [0.25, 0.3) is 0 Å². The topological polar surface area (TPSA) is 150 Å². The molecule has 1 aromatic rings. The van der Waals surface area contributed by atoms with E-state index in [1.54, 1.807) is 0 Å². The summed E-state index contributed by atoms with van der Waals surface area (Å²) in [7, 11) is 0. The summed E-state index contributed by atoms with van der Waals surface area (Å²) < 4.78 is 0. The van der Waals surface area contributed by atoms with Crippen LogP contribution in [0, 0.1) is 20.2 Å². The largest absolute Gasteiger partial charge is 0.478 e. The number of benzene rings is 1. The number of hydrogen-bond acceptors (Lipinski definition) is 6. The first kappa shape index (κ1) is 11.4. The Labute approximate surface area is 87.4 Å². The number of aromatic carboxylic acids is 1. The third-order valence-corrected chi connectivity index (χ3v) is 1.81. The lowest BCUT2D eigenvalue weighted by atomic mass is 10.1. The molecule has 0 bridgehead atoms. The molecule has 0 amide bonds. The minimum absolute atomic E-state index is 0.544. The third-order valence-electron chi connectivity index (χ3n) is 1.81. The van der Waals surface area contributed by atoms with Gasteiger partial charge in [0.1, 0.15) is 5.69 Å². The number of carboxylic acid groups (broad SMARTS) is 1. The fourth-order valence-electron chi connectivity index (χ4n) is 1.12. The molecule has 0 saturated carbocycles. The summed E-state index contributed by atoms with van der Waals surface area (Å²) in [5.74, 6) is -1.49. The Morgan fingerprint density at radius 3 is 2.19 bits per heavy atom. The van der Waals surface area contributed by atoms with Crippen molar-refractivity contribution in [3.8, 4) is 0 Å². The van der Waals surface area contributed by atoms with Crippen LogP contribution in [0.4, 0.5) is 17.1 Å². The molecule has 0 aromatic heterocycles. The number of nitro groups is 2. The number of carboxylic acids is 1. The Morgan fingerprint density at radius 1 is 1.25 bits per heavy atom. The zero-order chi connectivity index (χ0) is 12.5. The van der Waals surface area contributed by atoms with Crippen molar-refractivity contribution >= 4 is 23.0 Å². The average molecular weight is 227 g/mol. The molecule has 16 heavy (non-hydrogen) atoms. The highest BCUT2D eigenvalue weighted by Gasteiger charge is 2.30. The molecule has 0 atom stereocenters. The Hall–Kier alpha value is -2.71. The second kappa shape index (κ2) is 3.81. The fraction of sp³-hybridized carbons (Fsp3) is 0. The van der Waals surface area contributed by atoms with Crippen molar-refractivity contribution in [3.63, 3.8) is 0 Å². The Balaban J connectivity index is 3.60. The molecule has 0 aliphatic rings. The van der Waals surface area contributed by atoms with Gasteiger partial charge in [-0.25, -0.2) is 4.79 Å². The van der Waals surface area contributed by atoms with E-state index in [9.17, 15) is 25.0 Å². The third kappa shape index (κ3) is 1.73. The fourth-order valence-corrected chi connectivity index (χ4v) is 1.12. The SMILES string of the molecule is Nc1c(C(=O)O)ccc([N+](=O)[O-])c1[N+](=O)[O-]. The first-order chi connectivity index (χ1) is 7.36. The van der Waals surface area contributed by atoms with Crippen LogP contribution in [0.5, 0.6) is 0 Å². The van der Waals surface area contributed by atoms with Gasteiger partial charge in [-0.15, -0.1) is 0 Å². The Kier molecular flexibility index (Phi) is 2.70. The van der Waals surface area contributed by atoms with E-state index in [0.29, 0.717) is 0 Å². The van der Waals surface area contributed by atoms with Crippen molar-refractivity contribution in [2.24, 2.45) is 0 Å². The van der Waals surface area contributed by atoms with E-state index in [0.717, 1.165) is 12.1 Å². The molecule has 0 fully saturated rings. The summed E-state index contributed by atoms with van der Waals surface area (Å²) in [4.78, 5) is 29.5. The normalized spacial score (nSPS) is 9.75. The molecule has 0 saturated heterocycles. The van der Waals surface area contributed by atoms with Crippen molar-refractivity contribution in [1.82, 2.24) is 0 Å². The lowest BCUT2D eigenvalue weighted by Gasteiger charge is -2.01. The van der Waals surface area contributed by atoms with Crippen LogP contribution in [0.2, 0.25) is 0 Å². The van der Waals surface area contributed by atoms with Crippen LogP contribution in [-0.4, -0.2) is 20.9 Å². The first-order valence-corrected chi connectivity index (χ1v) is 3.80. The van der Waals surface area contributed by atoms with E-state index in [1.165, 1.54) is 0 Å². The number of nitrogens with two attached hydrogens (primary N) is 1. The van der Waals surface area contributed by atoms with Crippen molar-refractivity contribution < 1.29 is 19.7 Å². The molecule has 3 N–H and O–H groups in total. The maximum atomic E-state index is 10.6. The van der Waals surface area contributed by atoms with Crippen LogP contribution >= 0.6 is 0 Å². The Morgan fingerprint density at radius 2 is 1.81 bits per heavy atom. The number of hydrogen-bond donors (Lipinski definition) is 2. The van der Waals surface area contributed by atoms with Gasteiger partial charge in [-0.05, 0) is 6.07 Å². The molecule has 84 valence electrons. The summed E-state index contributed by atoms with van der Waals surface area (Å²) in [6.45, 7) is 0. The van der Waals surface area contributed by atoms with E-state index in [1.807, 2.05) is 0 Å².